The molecule has 0 bridgehead atoms. The number of hydrogen-bond donors (Lipinski definition) is 2. The van der Waals surface area contributed by atoms with E-state index in [0.717, 1.165) is 31.7 Å². The van der Waals surface area contributed by atoms with Crippen molar-refractivity contribution in [2.75, 3.05) is 13.2 Å². The third kappa shape index (κ3) is 4.49. The highest BCUT2D eigenvalue weighted by molar-refractivity contribution is 14.0. The molecule has 1 aromatic carbocycles. The molecule has 0 unspecified atom stereocenters. The Morgan fingerprint density at radius 1 is 1.33 bits per heavy atom. The van der Waals surface area contributed by atoms with Gasteiger partial charge < -0.3 is 15.8 Å². The van der Waals surface area contributed by atoms with Gasteiger partial charge in [0, 0.05) is 19.0 Å². The summed E-state index contributed by atoms with van der Waals surface area (Å²) in [5.41, 5.74) is 8.56. The van der Waals surface area contributed by atoms with Gasteiger partial charge in [0.2, 0.25) is 0 Å². The number of guanidine groups is 1. The van der Waals surface area contributed by atoms with E-state index in [0.29, 0.717) is 12.0 Å². The van der Waals surface area contributed by atoms with Gasteiger partial charge in [0.05, 0.1) is 6.61 Å². The van der Waals surface area contributed by atoms with Crippen LogP contribution < -0.4 is 15.8 Å². The second-order valence-electron chi connectivity index (χ2n) is 5.68. The van der Waals surface area contributed by atoms with Gasteiger partial charge >= 0.3 is 0 Å². The van der Waals surface area contributed by atoms with Crippen LogP contribution in [0.4, 0.5) is 0 Å². The van der Waals surface area contributed by atoms with Crippen molar-refractivity contribution in [1.29, 1.82) is 0 Å². The van der Waals surface area contributed by atoms with E-state index >= 15 is 0 Å². The van der Waals surface area contributed by atoms with E-state index < -0.39 is 0 Å². The number of nitrogens with two attached hydrogens (primary N) is 1. The van der Waals surface area contributed by atoms with Crippen molar-refractivity contribution in [3.05, 3.63) is 29.3 Å². The summed E-state index contributed by atoms with van der Waals surface area (Å²) < 4.78 is 5.51. The molecule has 1 aromatic rings. The summed E-state index contributed by atoms with van der Waals surface area (Å²) in [5.74, 6) is 1.64. The lowest BCUT2D eigenvalue weighted by Gasteiger charge is -2.12. The van der Waals surface area contributed by atoms with Crippen LogP contribution in [-0.2, 0) is 12.8 Å². The molecule has 0 saturated heterocycles. The second kappa shape index (κ2) is 7.87. The molecule has 1 heterocycles. The Bertz CT molecular complexity index is 498. The number of aliphatic imine (C=N–C) groups is 1. The van der Waals surface area contributed by atoms with Gasteiger partial charge in [-0.15, -0.1) is 24.0 Å². The van der Waals surface area contributed by atoms with Gasteiger partial charge in [0.25, 0.3) is 0 Å². The highest BCUT2D eigenvalue weighted by atomic mass is 127. The van der Waals surface area contributed by atoms with E-state index in [9.17, 15) is 0 Å². The monoisotopic (exact) mass is 401 g/mol. The first kappa shape index (κ1) is 16.4. The van der Waals surface area contributed by atoms with E-state index in [4.69, 9.17) is 10.5 Å². The van der Waals surface area contributed by atoms with E-state index in [1.807, 2.05) is 0 Å². The Hall–Kier alpha value is -0.980. The Balaban J connectivity index is 0.00000161. The van der Waals surface area contributed by atoms with Gasteiger partial charge in [-0.25, -0.2) is 0 Å². The lowest BCUT2D eigenvalue weighted by molar-refractivity contribution is 0.357. The largest absolute Gasteiger partial charge is 0.493 e. The normalized spacial score (nSPS) is 18.0. The van der Waals surface area contributed by atoms with Crippen molar-refractivity contribution in [3.63, 3.8) is 0 Å². The molecule has 116 valence electrons. The predicted molar refractivity (Wildman–Crippen MR) is 96.6 cm³/mol. The first-order chi connectivity index (χ1) is 9.81. The second-order valence-corrected chi connectivity index (χ2v) is 5.68. The standard InChI is InChI=1S/C16H23N3O.HI/c17-16(19-14-3-1-2-4-14)18-9-7-12-5-6-15-13(11-12)8-10-20-15;/h5-6,11,14H,1-4,7-10H2,(H3,17,18,19);1H. The zero-order valence-electron chi connectivity index (χ0n) is 12.3. The summed E-state index contributed by atoms with van der Waals surface area (Å²) in [5, 5.41) is 3.31. The van der Waals surface area contributed by atoms with Crippen molar-refractivity contribution >= 4 is 29.9 Å². The fraction of sp³-hybridized carbons (Fsp3) is 0.562. The van der Waals surface area contributed by atoms with Gasteiger partial charge in [-0.3, -0.25) is 4.99 Å². The number of nitrogens with one attached hydrogen (secondary N) is 1. The number of ether oxygens (including phenoxy) is 1. The van der Waals surface area contributed by atoms with Crippen LogP contribution in [-0.4, -0.2) is 25.2 Å². The average molecular weight is 401 g/mol. The van der Waals surface area contributed by atoms with Crippen LogP contribution in [0.15, 0.2) is 23.2 Å². The Morgan fingerprint density at radius 2 is 2.14 bits per heavy atom. The van der Waals surface area contributed by atoms with E-state index in [2.05, 4.69) is 28.5 Å². The van der Waals surface area contributed by atoms with Crippen molar-refractivity contribution in [2.24, 2.45) is 10.7 Å². The Kier molecular flexibility index (Phi) is 6.14. The summed E-state index contributed by atoms with van der Waals surface area (Å²) in [4.78, 5) is 4.43. The first-order valence-corrected chi connectivity index (χ1v) is 7.62. The van der Waals surface area contributed by atoms with Crippen LogP contribution in [0.1, 0.15) is 36.8 Å². The van der Waals surface area contributed by atoms with Gasteiger partial charge in [-0.05, 0) is 36.5 Å². The van der Waals surface area contributed by atoms with Crippen molar-refractivity contribution < 1.29 is 4.74 Å². The van der Waals surface area contributed by atoms with Crippen LogP contribution in [0.3, 0.4) is 0 Å². The maximum Gasteiger partial charge on any atom is 0.188 e. The molecule has 0 radical (unpaired) electrons. The highest BCUT2D eigenvalue weighted by Crippen LogP contribution is 2.25. The minimum absolute atomic E-state index is 0. The van der Waals surface area contributed by atoms with Crippen LogP contribution in [0.2, 0.25) is 0 Å². The Morgan fingerprint density at radius 3 is 2.95 bits per heavy atom. The first-order valence-electron chi connectivity index (χ1n) is 7.62. The van der Waals surface area contributed by atoms with E-state index in [-0.39, 0.29) is 24.0 Å². The molecule has 0 amide bonds. The molecule has 0 spiro atoms. The molecule has 1 saturated carbocycles. The Labute approximate surface area is 143 Å². The summed E-state index contributed by atoms with van der Waals surface area (Å²) in [7, 11) is 0. The molecule has 21 heavy (non-hydrogen) atoms. The fourth-order valence-electron chi connectivity index (χ4n) is 3.03. The third-order valence-corrected chi connectivity index (χ3v) is 4.14. The summed E-state index contributed by atoms with van der Waals surface area (Å²) in [6.45, 7) is 1.56. The quantitative estimate of drug-likeness (QED) is 0.463. The fourth-order valence-corrected chi connectivity index (χ4v) is 3.03. The zero-order valence-corrected chi connectivity index (χ0v) is 14.6. The molecule has 0 aromatic heterocycles. The number of hydrogen-bond acceptors (Lipinski definition) is 2. The molecule has 2 aliphatic rings. The maximum atomic E-state index is 5.93. The van der Waals surface area contributed by atoms with Gasteiger partial charge in [0.1, 0.15) is 5.75 Å². The zero-order chi connectivity index (χ0) is 13.8. The summed E-state index contributed by atoms with van der Waals surface area (Å²) in [6.07, 6.45) is 7.02. The molecule has 3 N–H and O–H groups in total. The average Bonchev–Trinajstić information content (AvgIpc) is 3.09. The molecule has 1 fully saturated rings. The van der Waals surface area contributed by atoms with Crippen LogP contribution in [0, 0.1) is 0 Å². The molecular formula is C16H24IN3O. The SMILES string of the molecule is I.NC(=NCCc1ccc2c(c1)CCO2)NC1CCCC1. The van der Waals surface area contributed by atoms with Crippen LogP contribution in [0.5, 0.6) is 5.75 Å². The molecule has 4 nitrogen and oxygen atoms in total. The van der Waals surface area contributed by atoms with E-state index in [1.165, 1.54) is 36.8 Å². The van der Waals surface area contributed by atoms with Crippen LogP contribution >= 0.6 is 24.0 Å². The van der Waals surface area contributed by atoms with Gasteiger partial charge in [-0.2, -0.15) is 0 Å². The third-order valence-electron chi connectivity index (χ3n) is 4.14. The maximum absolute atomic E-state index is 5.93. The lowest BCUT2D eigenvalue weighted by atomic mass is 10.1. The summed E-state index contributed by atoms with van der Waals surface area (Å²) in [6, 6.07) is 6.97. The van der Waals surface area contributed by atoms with Crippen LogP contribution in [0.25, 0.3) is 0 Å². The van der Waals surface area contributed by atoms with Crippen molar-refractivity contribution in [2.45, 2.75) is 44.6 Å². The van der Waals surface area contributed by atoms with Crippen molar-refractivity contribution in [1.82, 2.24) is 5.32 Å². The minimum atomic E-state index is 0. The molecule has 0 atom stereocenters. The number of halogens is 1. The molecule has 1 aliphatic heterocycles. The number of nitrogens with zero attached hydrogens (tertiary/aromatic N) is 1. The lowest BCUT2D eigenvalue weighted by Crippen LogP contribution is -2.38. The number of rotatable bonds is 4. The summed E-state index contributed by atoms with van der Waals surface area (Å²) >= 11 is 0. The van der Waals surface area contributed by atoms with Gasteiger partial charge in [-0.1, -0.05) is 25.0 Å². The molecule has 5 heteroatoms. The molecule has 3 rings (SSSR count). The number of benzene rings is 1. The number of fused-ring (bicyclic) bond motifs is 1. The van der Waals surface area contributed by atoms with E-state index in [1.54, 1.807) is 0 Å². The highest BCUT2D eigenvalue weighted by Gasteiger charge is 2.15. The smallest absolute Gasteiger partial charge is 0.188 e. The van der Waals surface area contributed by atoms with Crippen molar-refractivity contribution in [3.8, 4) is 5.75 Å². The molecule has 1 aliphatic carbocycles. The minimum Gasteiger partial charge on any atom is -0.493 e. The predicted octanol–water partition coefficient (Wildman–Crippen LogP) is 2.63. The van der Waals surface area contributed by atoms with Gasteiger partial charge in [0.15, 0.2) is 5.96 Å². The molecular weight excluding hydrogens is 377 g/mol. The topological polar surface area (TPSA) is 59.6 Å².